The fourth-order valence-electron chi connectivity index (χ4n) is 7.01. The van der Waals surface area contributed by atoms with Crippen molar-refractivity contribution < 1.29 is 30.0 Å². The van der Waals surface area contributed by atoms with Crippen LogP contribution in [0.5, 0.6) is 0 Å². The second-order valence-electron chi connectivity index (χ2n) is 16.2. The number of ketones is 1. The summed E-state index contributed by atoms with van der Waals surface area (Å²) in [5.74, 6) is 0.104. The molecule has 0 aliphatic carbocycles. The second kappa shape index (κ2) is 13.6. The van der Waals surface area contributed by atoms with Crippen molar-refractivity contribution in [2.24, 2.45) is 10.8 Å². The summed E-state index contributed by atoms with van der Waals surface area (Å²) >= 11 is 0. The molecule has 5 aromatic carbocycles. The maximum atomic E-state index is 11.5. The van der Waals surface area contributed by atoms with Crippen LogP contribution in [0.25, 0.3) is 60.6 Å². The van der Waals surface area contributed by atoms with E-state index in [1.165, 1.54) is 61.2 Å². The molecule has 1 aliphatic heterocycles. The van der Waals surface area contributed by atoms with Crippen LogP contribution in [0, 0.1) is 16.9 Å². The zero-order valence-corrected chi connectivity index (χ0v) is 33.5. The van der Waals surface area contributed by atoms with E-state index in [1.807, 2.05) is 53.8 Å². The second-order valence-corrected chi connectivity index (χ2v) is 16.2. The molecule has 0 spiro atoms. The Hall–Kier alpha value is -4.83. The predicted octanol–water partition coefficient (Wildman–Crippen LogP) is 12.2. The molecule has 0 fully saturated rings. The molecule has 1 N–H and O–H groups in total. The van der Waals surface area contributed by atoms with Crippen LogP contribution in [-0.2, 0) is 30.3 Å². The number of aliphatic hydroxyl groups excluding tert-OH is 1. The third kappa shape index (κ3) is 6.53. The van der Waals surface area contributed by atoms with Crippen LogP contribution in [-0.4, -0.2) is 20.4 Å². The largest absolute Gasteiger partial charge is 0.512 e. The molecule has 265 valence electrons. The van der Waals surface area contributed by atoms with Crippen LogP contribution in [0.1, 0.15) is 66.5 Å². The van der Waals surface area contributed by atoms with Gasteiger partial charge in [0.15, 0.2) is 5.78 Å². The Morgan fingerprint density at radius 2 is 1.42 bits per heavy atom. The zero-order valence-electron chi connectivity index (χ0n) is 31.1. The van der Waals surface area contributed by atoms with Crippen LogP contribution in [0.3, 0.4) is 0 Å². The maximum Gasteiger partial charge on any atom is 0.164 e. The number of benzene rings is 5. The van der Waals surface area contributed by atoms with E-state index >= 15 is 0 Å². The molecule has 52 heavy (non-hydrogen) atoms. The summed E-state index contributed by atoms with van der Waals surface area (Å²) in [6.07, 6.45) is 3.23. The first-order valence-corrected chi connectivity index (χ1v) is 17.7. The van der Waals surface area contributed by atoms with Gasteiger partial charge in [-0.25, -0.2) is 0 Å². The van der Waals surface area contributed by atoms with Gasteiger partial charge in [0.05, 0.1) is 16.7 Å². The van der Waals surface area contributed by atoms with Gasteiger partial charge in [0.2, 0.25) is 0 Å². The summed E-state index contributed by atoms with van der Waals surface area (Å²) in [5.41, 5.74) is 10.1. The minimum Gasteiger partial charge on any atom is -0.512 e. The van der Waals surface area contributed by atoms with E-state index in [0.29, 0.717) is 0 Å². The molecule has 1 radical (unpaired) electrons. The third-order valence-electron chi connectivity index (χ3n) is 10.1. The van der Waals surface area contributed by atoms with Crippen LogP contribution < -0.4 is 0 Å². The summed E-state index contributed by atoms with van der Waals surface area (Å²) in [7, 11) is 0. The predicted molar refractivity (Wildman–Crippen MR) is 213 cm³/mol. The Morgan fingerprint density at radius 3 is 2.15 bits per heavy atom. The minimum absolute atomic E-state index is 0. The van der Waals surface area contributed by atoms with E-state index in [2.05, 4.69) is 128 Å². The number of nitrogens with zero attached hydrogens (tertiary/aromatic N) is 2. The van der Waals surface area contributed by atoms with Gasteiger partial charge in [-0.05, 0) is 63.5 Å². The standard InChI is InChI=1S/C36H25N2.C11H20O2.Ir/c1-36(2)30-15-6-8-17-33(30)38-32-16-7-5-14-28(32)29-21-26(22-31(36)35(29)38)24-11-9-12-25(20-24)34-27-13-4-3-10-23(27)18-19-37-34;1-10(2,3)8(12)7-9(13)11(4,5)6;/h3-11,13-22H,1-2H3;7,12H,1-6H3;/q-1;;. The van der Waals surface area contributed by atoms with Crippen molar-refractivity contribution in [2.45, 2.75) is 60.8 Å². The van der Waals surface area contributed by atoms with Crippen molar-refractivity contribution in [2.75, 3.05) is 0 Å². The van der Waals surface area contributed by atoms with E-state index in [4.69, 9.17) is 4.98 Å². The van der Waals surface area contributed by atoms with Gasteiger partial charge in [0.1, 0.15) is 5.76 Å². The number of pyridine rings is 1. The van der Waals surface area contributed by atoms with Gasteiger partial charge >= 0.3 is 0 Å². The third-order valence-corrected chi connectivity index (χ3v) is 10.1. The number of hydrogen-bond donors (Lipinski definition) is 1. The Labute approximate surface area is 320 Å². The molecule has 0 amide bonds. The molecule has 0 saturated carbocycles. The van der Waals surface area contributed by atoms with Gasteiger partial charge in [-0.3, -0.25) is 4.79 Å². The van der Waals surface area contributed by atoms with E-state index in [-0.39, 0.29) is 42.5 Å². The fourth-order valence-corrected chi connectivity index (χ4v) is 7.01. The average Bonchev–Trinajstić information content (AvgIpc) is 3.44. The number of fused-ring (bicyclic) bond motifs is 6. The van der Waals surface area contributed by atoms with Crippen molar-refractivity contribution in [1.82, 2.24) is 9.55 Å². The first-order valence-electron chi connectivity index (χ1n) is 17.7. The van der Waals surface area contributed by atoms with Crippen LogP contribution in [0.15, 0.2) is 127 Å². The zero-order chi connectivity index (χ0) is 36.3. The monoisotopic (exact) mass is 862 g/mol. The Bertz CT molecular complexity index is 2500. The van der Waals surface area contributed by atoms with Gasteiger partial charge in [0.25, 0.3) is 0 Å². The van der Waals surface area contributed by atoms with Crippen LogP contribution in [0.4, 0.5) is 0 Å². The summed E-state index contributed by atoms with van der Waals surface area (Å²) in [4.78, 5) is 16.2. The van der Waals surface area contributed by atoms with E-state index < -0.39 is 5.41 Å². The fraction of sp³-hybridized carbons (Fsp3) is 0.234. The van der Waals surface area contributed by atoms with Gasteiger partial charge in [-0.2, -0.15) is 0 Å². The molecule has 8 rings (SSSR count). The first-order chi connectivity index (χ1) is 24.2. The summed E-state index contributed by atoms with van der Waals surface area (Å²) < 4.78 is 2.47. The van der Waals surface area contributed by atoms with Crippen molar-refractivity contribution in [3.63, 3.8) is 0 Å². The van der Waals surface area contributed by atoms with Crippen molar-refractivity contribution in [3.05, 3.63) is 144 Å². The normalized spacial score (nSPS) is 13.7. The van der Waals surface area contributed by atoms with Crippen molar-refractivity contribution >= 4 is 38.4 Å². The number of aliphatic hydroxyl groups is 1. The van der Waals surface area contributed by atoms with E-state index in [9.17, 15) is 9.90 Å². The smallest absolute Gasteiger partial charge is 0.164 e. The topological polar surface area (TPSA) is 55.1 Å². The number of para-hydroxylation sites is 2. The number of rotatable bonds is 3. The molecule has 0 bridgehead atoms. The molecule has 0 unspecified atom stereocenters. The van der Waals surface area contributed by atoms with Gasteiger partial charge in [-0.1, -0.05) is 116 Å². The maximum absolute atomic E-state index is 11.5. The summed E-state index contributed by atoms with van der Waals surface area (Å²) in [6.45, 7) is 15.8. The molecule has 0 atom stereocenters. The SMILES string of the molecule is CC(C)(C)C(=O)C=C(O)C(C)(C)C.CC1(C)c2ccccc2-n2c3ccccc3c3cc(-c4cc[c-]c(-c5nccc6ccccc56)c4)cc1c32.[Ir]. The quantitative estimate of drug-likeness (QED) is 0.109. The molecule has 3 heterocycles. The molecule has 5 heteroatoms. The molecule has 4 nitrogen and oxygen atoms in total. The van der Waals surface area contributed by atoms with Crippen LogP contribution >= 0.6 is 0 Å². The van der Waals surface area contributed by atoms with E-state index in [1.54, 1.807) is 0 Å². The molecular formula is C47H45IrN2O2-. The Balaban J connectivity index is 0.000000287. The number of allylic oxidation sites excluding steroid dienone is 2. The molecular weight excluding hydrogens is 817 g/mol. The Morgan fingerprint density at radius 1 is 0.750 bits per heavy atom. The first kappa shape index (κ1) is 36.9. The molecule has 1 aliphatic rings. The number of hydrogen-bond acceptors (Lipinski definition) is 3. The summed E-state index contributed by atoms with van der Waals surface area (Å²) in [6, 6.07) is 42.8. The van der Waals surface area contributed by atoms with Crippen molar-refractivity contribution in [3.8, 4) is 28.1 Å². The van der Waals surface area contributed by atoms with Gasteiger partial charge in [0, 0.05) is 59.4 Å². The number of aromatic nitrogens is 2. The Kier molecular flexibility index (Phi) is 9.67. The number of carbonyl (C=O) groups is 1. The summed E-state index contributed by atoms with van der Waals surface area (Å²) in [5, 5.41) is 14.5. The average molecular weight is 862 g/mol. The van der Waals surface area contributed by atoms with Crippen LogP contribution in [0.2, 0.25) is 0 Å². The molecule has 2 aromatic heterocycles. The molecule has 7 aromatic rings. The van der Waals surface area contributed by atoms with Gasteiger partial charge < -0.3 is 14.7 Å². The van der Waals surface area contributed by atoms with Gasteiger partial charge in [-0.15, -0.1) is 35.4 Å². The molecule has 0 saturated heterocycles. The van der Waals surface area contributed by atoms with Crippen molar-refractivity contribution in [1.29, 1.82) is 0 Å². The minimum atomic E-state index is -0.417. The van der Waals surface area contributed by atoms with E-state index in [0.717, 1.165) is 16.6 Å². The number of carbonyl (C=O) groups excluding carboxylic acids is 1.